The van der Waals surface area contributed by atoms with Crippen molar-refractivity contribution >= 4 is 11.9 Å². The molecule has 7 heteroatoms. The number of ether oxygens (including phenoxy) is 5. The van der Waals surface area contributed by atoms with Crippen molar-refractivity contribution in [2.75, 3.05) is 33.5 Å². The standard InChI is InChI=1S/C25H28O7/c1-4-24(26)31-16-14-20-5-7-22(8-6-20)29-15-13-19(2)25(27)32-18-17-30-23-11-9-21(28-3)10-12-23/h4-13H,1,14-18H2,2-3H3/b19-13+. The van der Waals surface area contributed by atoms with Crippen molar-refractivity contribution in [1.29, 1.82) is 0 Å². The molecular weight excluding hydrogens is 412 g/mol. The molecule has 0 fully saturated rings. The van der Waals surface area contributed by atoms with E-state index in [4.69, 9.17) is 23.7 Å². The minimum absolute atomic E-state index is 0.139. The average Bonchev–Trinajstić information content (AvgIpc) is 2.82. The van der Waals surface area contributed by atoms with Gasteiger partial charge in [-0.05, 0) is 55.0 Å². The predicted octanol–water partition coefficient (Wildman–Crippen LogP) is 3.91. The smallest absolute Gasteiger partial charge is 0.333 e. The molecule has 32 heavy (non-hydrogen) atoms. The van der Waals surface area contributed by atoms with Crippen molar-refractivity contribution < 1.29 is 33.3 Å². The molecule has 2 aromatic carbocycles. The summed E-state index contributed by atoms with van der Waals surface area (Å²) >= 11 is 0. The maximum Gasteiger partial charge on any atom is 0.333 e. The monoisotopic (exact) mass is 440 g/mol. The molecule has 0 spiro atoms. The minimum Gasteiger partial charge on any atom is -0.497 e. The van der Waals surface area contributed by atoms with Crippen LogP contribution in [0.1, 0.15) is 12.5 Å². The summed E-state index contributed by atoms with van der Waals surface area (Å²) in [5.41, 5.74) is 1.47. The van der Waals surface area contributed by atoms with Crippen LogP contribution < -0.4 is 14.2 Å². The molecule has 7 nitrogen and oxygen atoms in total. The van der Waals surface area contributed by atoms with Crippen LogP contribution >= 0.6 is 0 Å². The molecular formula is C25H28O7. The molecule has 2 aromatic rings. The van der Waals surface area contributed by atoms with Gasteiger partial charge in [-0.1, -0.05) is 18.7 Å². The maximum absolute atomic E-state index is 12.0. The van der Waals surface area contributed by atoms with Gasteiger partial charge in [0.05, 0.1) is 13.7 Å². The lowest BCUT2D eigenvalue weighted by atomic mass is 10.1. The first kappa shape index (κ1) is 24.5. The van der Waals surface area contributed by atoms with E-state index in [2.05, 4.69) is 6.58 Å². The first-order valence-corrected chi connectivity index (χ1v) is 10.1. The lowest BCUT2D eigenvalue weighted by Crippen LogP contribution is -2.13. The highest BCUT2D eigenvalue weighted by atomic mass is 16.6. The highest BCUT2D eigenvalue weighted by Crippen LogP contribution is 2.17. The Morgan fingerprint density at radius 1 is 0.844 bits per heavy atom. The summed E-state index contributed by atoms with van der Waals surface area (Å²) < 4.78 is 26.4. The Hall–Kier alpha value is -3.74. The summed E-state index contributed by atoms with van der Waals surface area (Å²) in [5.74, 6) is 1.23. The fourth-order valence-electron chi connectivity index (χ4n) is 2.51. The van der Waals surface area contributed by atoms with Gasteiger partial charge in [-0.3, -0.25) is 0 Å². The largest absolute Gasteiger partial charge is 0.497 e. The third-order valence-corrected chi connectivity index (χ3v) is 4.33. The van der Waals surface area contributed by atoms with Crippen LogP contribution in [0, 0.1) is 0 Å². The highest BCUT2D eigenvalue weighted by Gasteiger charge is 2.06. The van der Waals surface area contributed by atoms with E-state index in [9.17, 15) is 9.59 Å². The lowest BCUT2D eigenvalue weighted by molar-refractivity contribution is -0.140. The van der Waals surface area contributed by atoms with Gasteiger partial charge in [-0.15, -0.1) is 0 Å². The van der Waals surface area contributed by atoms with Gasteiger partial charge in [0.2, 0.25) is 0 Å². The summed E-state index contributed by atoms with van der Waals surface area (Å²) in [5, 5.41) is 0. The molecule has 0 bridgehead atoms. The number of carbonyl (C=O) groups is 2. The van der Waals surface area contributed by atoms with Gasteiger partial charge in [-0.25, -0.2) is 9.59 Å². The van der Waals surface area contributed by atoms with E-state index in [-0.39, 0.29) is 19.8 Å². The molecule has 0 radical (unpaired) electrons. The van der Waals surface area contributed by atoms with Crippen molar-refractivity contribution in [2.45, 2.75) is 13.3 Å². The molecule has 0 aliphatic carbocycles. The Morgan fingerprint density at radius 3 is 2.12 bits per heavy atom. The Balaban J connectivity index is 1.65. The second kappa shape index (κ2) is 13.5. The van der Waals surface area contributed by atoms with E-state index in [0.29, 0.717) is 30.1 Å². The Kier molecular flexibility index (Phi) is 10.4. The average molecular weight is 440 g/mol. The minimum atomic E-state index is -0.435. The second-order valence-electron chi connectivity index (χ2n) is 6.62. The van der Waals surface area contributed by atoms with E-state index >= 15 is 0 Å². The molecule has 0 atom stereocenters. The molecule has 0 aromatic heterocycles. The van der Waals surface area contributed by atoms with Gasteiger partial charge in [0.25, 0.3) is 0 Å². The topological polar surface area (TPSA) is 80.3 Å². The van der Waals surface area contributed by atoms with Crippen LogP contribution in [0.15, 0.2) is 72.8 Å². The fraction of sp³-hybridized carbons (Fsp3) is 0.280. The number of carbonyl (C=O) groups excluding carboxylic acids is 2. The van der Waals surface area contributed by atoms with Crippen molar-refractivity contribution in [3.8, 4) is 17.2 Å². The Labute approximate surface area is 188 Å². The molecule has 0 aliphatic heterocycles. The number of rotatable bonds is 13. The lowest BCUT2D eigenvalue weighted by Gasteiger charge is -2.09. The zero-order chi connectivity index (χ0) is 23.2. The summed E-state index contributed by atoms with van der Waals surface area (Å²) in [4.78, 5) is 23.1. The van der Waals surface area contributed by atoms with Gasteiger partial charge >= 0.3 is 11.9 Å². The summed E-state index contributed by atoms with van der Waals surface area (Å²) in [6.07, 6.45) is 3.40. The number of hydrogen-bond acceptors (Lipinski definition) is 7. The molecule has 0 unspecified atom stereocenters. The molecule has 0 saturated heterocycles. The Morgan fingerprint density at radius 2 is 1.47 bits per heavy atom. The van der Waals surface area contributed by atoms with Crippen LogP contribution in [0.4, 0.5) is 0 Å². The first-order valence-electron chi connectivity index (χ1n) is 10.1. The quantitative estimate of drug-likeness (QED) is 0.265. The van der Waals surface area contributed by atoms with Crippen LogP contribution in [-0.4, -0.2) is 45.5 Å². The van der Waals surface area contributed by atoms with Crippen molar-refractivity contribution in [3.05, 3.63) is 78.4 Å². The van der Waals surface area contributed by atoms with Crippen molar-refractivity contribution in [1.82, 2.24) is 0 Å². The van der Waals surface area contributed by atoms with Gasteiger partial charge in [0.15, 0.2) is 0 Å². The van der Waals surface area contributed by atoms with Crippen molar-refractivity contribution in [3.63, 3.8) is 0 Å². The normalized spacial score (nSPS) is 10.8. The van der Waals surface area contributed by atoms with Crippen LogP contribution in [0.25, 0.3) is 0 Å². The molecule has 0 saturated carbocycles. The highest BCUT2D eigenvalue weighted by molar-refractivity contribution is 5.87. The third kappa shape index (κ3) is 8.95. The van der Waals surface area contributed by atoms with E-state index in [0.717, 1.165) is 17.4 Å². The predicted molar refractivity (Wildman–Crippen MR) is 120 cm³/mol. The molecule has 0 heterocycles. The van der Waals surface area contributed by atoms with Crippen LogP contribution in [0.3, 0.4) is 0 Å². The van der Waals surface area contributed by atoms with Gasteiger partial charge in [0, 0.05) is 18.1 Å². The van der Waals surface area contributed by atoms with Crippen LogP contribution in [0.5, 0.6) is 17.2 Å². The van der Waals surface area contributed by atoms with Gasteiger partial charge < -0.3 is 23.7 Å². The van der Waals surface area contributed by atoms with Gasteiger partial charge in [-0.2, -0.15) is 0 Å². The number of hydrogen-bond donors (Lipinski definition) is 0. The van der Waals surface area contributed by atoms with Gasteiger partial charge in [0.1, 0.15) is 37.1 Å². The maximum atomic E-state index is 12.0. The summed E-state index contributed by atoms with van der Waals surface area (Å²) in [6, 6.07) is 14.6. The molecule has 2 rings (SSSR count). The number of esters is 2. The van der Waals surface area contributed by atoms with E-state index in [1.807, 2.05) is 24.3 Å². The molecule has 0 amide bonds. The van der Waals surface area contributed by atoms with E-state index < -0.39 is 11.9 Å². The first-order chi connectivity index (χ1) is 15.5. The van der Waals surface area contributed by atoms with Crippen LogP contribution in [0.2, 0.25) is 0 Å². The zero-order valence-electron chi connectivity index (χ0n) is 18.4. The zero-order valence-corrected chi connectivity index (χ0v) is 18.4. The van der Waals surface area contributed by atoms with E-state index in [1.54, 1.807) is 44.4 Å². The van der Waals surface area contributed by atoms with Crippen LogP contribution in [-0.2, 0) is 25.5 Å². The SMILES string of the molecule is C=CC(=O)OCCc1ccc(OC/C=C(\C)C(=O)OCCOc2ccc(OC)cc2)cc1. The van der Waals surface area contributed by atoms with Crippen molar-refractivity contribution in [2.24, 2.45) is 0 Å². The summed E-state index contributed by atoms with van der Waals surface area (Å²) in [7, 11) is 1.60. The molecule has 0 N–H and O–H groups in total. The Bertz CT molecular complexity index is 899. The third-order valence-electron chi connectivity index (χ3n) is 4.33. The molecule has 170 valence electrons. The fourth-order valence-corrected chi connectivity index (χ4v) is 2.51. The number of methoxy groups -OCH3 is 1. The number of benzene rings is 2. The second-order valence-corrected chi connectivity index (χ2v) is 6.62. The molecule has 0 aliphatic rings. The van der Waals surface area contributed by atoms with E-state index in [1.165, 1.54) is 0 Å². The summed E-state index contributed by atoms with van der Waals surface area (Å²) in [6.45, 7) is 5.94.